The molecular formula is C97H153N15O17S2. The van der Waals surface area contributed by atoms with Crippen LogP contribution in [0.2, 0.25) is 0 Å². The number of rotatable bonds is 32. The maximum atomic E-state index is 16.4. The van der Waals surface area contributed by atoms with E-state index in [2.05, 4.69) is 54.0 Å². The Kier molecular flexibility index (Phi) is 46.2. The van der Waals surface area contributed by atoms with Crippen LogP contribution in [0.25, 0.3) is 10.9 Å². The zero-order valence-corrected chi connectivity index (χ0v) is 84.6. The third-order valence-corrected chi connectivity index (χ3v) is 25.0. The molecule has 34 heteroatoms. The zero-order valence-electron chi connectivity index (χ0n) is 83.0. The van der Waals surface area contributed by atoms with E-state index in [4.69, 9.17) is 21.7 Å². The quantitative estimate of drug-likeness (QED) is 0.0166. The first-order valence-corrected chi connectivity index (χ1v) is 47.6. The van der Waals surface area contributed by atoms with Gasteiger partial charge in [-0.15, -0.1) is 11.8 Å². The normalized spacial score (nSPS) is 22.5. The number of aromatic amines is 1. The van der Waals surface area contributed by atoms with Crippen molar-refractivity contribution >= 4 is 128 Å². The van der Waals surface area contributed by atoms with Crippen LogP contribution in [0.4, 0.5) is 0 Å². The van der Waals surface area contributed by atoms with Crippen LogP contribution < -0.4 is 37.2 Å². The molecule has 2 unspecified atom stereocenters. The molecule has 1 aliphatic rings. The first kappa shape index (κ1) is 113. The summed E-state index contributed by atoms with van der Waals surface area (Å²) in [5.74, 6) is -9.14. The summed E-state index contributed by atoms with van der Waals surface area (Å²) in [5.41, 5.74) is 2.16. The fourth-order valence-electron chi connectivity index (χ4n) is 16.2. The second-order valence-corrected chi connectivity index (χ2v) is 39.9. The molecule has 0 saturated carbocycles. The monoisotopic (exact) mass is 1860 g/mol. The van der Waals surface area contributed by atoms with E-state index in [9.17, 15) is 33.6 Å². The number of H-pyrrole nitrogens is 1. The number of para-hydroxylation sites is 1. The third-order valence-electron chi connectivity index (χ3n) is 23.6. The Bertz CT molecular complexity index is 4450. The first-order chi connectivity index (χ1) is 61.2. The number of esters is 2. The average molecular weight is 1870 g/mol. The van der Waals surface area contributed by atoms with Crippen LogP contribution in [0.1, 0.15) is 215 Å². The fraction of sp³-hybridized carbons (Fsp3) is 0.670. The fourth-order valence-corrected chi connectivity index (χ4v) is 17.3. The predicted octanol–water partition coefficient (Wildman–Crippen LogP) is 8.20. The Morgan fingerprint density at radius 2 is 1.03 bits per heavy atom. The minimum atomic E-state index is -1.93. The predicted molar refractivity (Wildman–Crippen MR) is 513 cm³/mol. The standard InChI is InChI=1S/C97H153N15O17S2/c1-30-38-61(18)49-62(19)82(129-95(126)71(44-54(4)5)103-84(115)65(22)131-96(127)77(51-67-52-99-70-42-37-36-41-68(67)70)128-94(125)72(104-97(130)98-43-31-2)50-66-39-34-33-35-40-66)81-87(118)102-69(32-3)89(120)106(23)53-78(113)107(24)73(45-55(6)7)86(117)105-79(59(14)15)92(123)108(25)74(46-56(8)9)85(116)100-63(20)83(114)101-64(21)88(119)109(26)75(47-57(10)11)90(121)110(27)76(48-58(12)13)91(122)111(28)80(60(16)17)93(124)112(81)29/h33-37,39-42,52,54-65,69,71-77,79-82,99H,31-32,43-51,53H2,1-29H3,(H,100,116)(H,101,114)(H,102,118)(H,103,115)(H,105,117)(H2,98,104,130)/t61?,62-,63+,64-,65-,69+,71-,72+,73+,74+,75+,76+,77-,79?,80+,81+,82-/m1/s1. The first-order valence-electron chi connectivity index (χ1n) is 46.3. The van der Waals surface area contributed by atoms with Crippen LogP contribution in [0.15, 0.2) is 60.8 Å². The van der Waals surface area contributed by atoms with Crippen molar-refractivity contribution in [1.29, 1.82) is 0 Å². The van der Waals surface area contributed by atoms with Gasteiger partial charge in [-0.25, -0.2) is 9.59 Å². The summed E-state index contributed by atoms with van der Waals surface area (Å²) in [5, 5.41) is 19.1. The van der Waals surface area contributed by atoms with E-state index in [1.165, 1.54) is 94.6 Å². The number of amides is 12. The minimum absolute atomic E-state index is 0.0311. The van der Waals surface area contributed by atoms with Gasteiger partial charge < -0.3 is 86.0 Å². The number of thioether (sulfide) groups is 1. The number of hydrogen-bond donors (Lipinski definition) is 8. The van der Waals surface area contributed by atoms with Crippen molar-refractivity contribution in [2.75, 3.05) is 62.4 Å². The van der Waals surface area contributed by atoms with Crippen LogP contribution in [-0.2, 0) is 94.2 Å². The maximum absolute atomic E-state index is 16.4. The lowest BCUT2D eigenvalue weighted by Gasteiger charge is -2.42. The van der Waals surface area contributed by atoms with E-state index >= 15 is 38.4 Å². The van der Waals surface area contributed by atoms with E-state index in [-0.39, 0.29) is 92.5 Å². The van der Waals surface area contributed by atoms with Crippen molar-refractivity contribution in [1.82, 2.24) is 76.5 Å². The molecule has 3 aromatic rings. The second-order valence-electron chi connectivity index (χ2n) is 38.1. The molecule has 17 atom stereocenters. The Morgan fingerprint density at radius 3 is 1.57 bits per heavy atom. The summed E-state index contributed by atoms with van der Waals surface area (Å²) >= 11 is 6.19. The summed E-state index contributed by atoms with van der Waals surface area (Å²) in [6, 6.07) is 0.179. The molecule has 0 bridgehead atoms. The van der Waals surface area contributed by atoms with Gasteiger partial charge in [-0.05, 0) is 156 Å². The number of likely N-dealkylation sites (N-methyl/N-ethyl adjacent to an activating group) is 7. The summed E-state index contributed by atoms with van der Waals surface area (Å²) in [6.07, 6.45) is -0.586. The van der Waals surface area contributed by atoms with Gasteiger partial charge in [0.15, 0.2) is 11.2 Å². The van der Waals surface area contributed by atoms with Crippen LogP contribution in [-0.4, -0.2) is 285 Å². The molecule has 1 aliphatic heterocycles. The zero-order chi connectivity index (χ0) is 99.2. The number of hydrogen-bond acceptors (Lipinski definition) is 19. The van der Waals surface area contributed by atoms with Crippen molar-refractivity contribution in [3.63, 3.8) is 0 Å². The topological polar surface area (TPSA) is 397 Å². The van der Waals surface area contributed by atoms with Gasteiger partial charge in [0, 0.05) is 91.7 Å². The van der Waals surface area contributed by atoms with Crippen molar-refractivity contribution in [3.05, 3.63) is 71.9 Å². The number of fused-ring (bicyclic) bond motifs is 1. The Balaban J connectivity index is 2.02. The molecule has 0 radical (unpaired) electrons. The number of benzene rings is 2. The van der Waals surface area contributed by atoms with Crippen LogP contribution in [0.5, 0.6) is 0 Å². The summed E-state index contributed by atoms with van der Waals surface area (Å²) in [4.78, 5) is 239. The Labute approximate surface area is 787 Å². The average Bonchev–Trinajstić information content (AvgIpc) is 1.69. The molecule has 1 saturated heterocycles. The lowest BCUT2D eigenvalue weighted by atomic mass is 9.87. The van der Waals surface area contributed by atoms with Gasteiger partial charge in [-0.3, -0.25) is 62.3 Å². The molecule has 1 fully saturated rings. The van der Waals surface area contributed by atoms with E-state index in [0.29, 0.717) is 23.9 Å². The molecule has 2 heterocycles. The lowest BCUT2D eigenvalue weighted by molar-refractivity contribution is -0.168. The molecule has 1 aromatic heterocycles. The van der Waals surface area contributed by atoms with E-state index in [1.807, 2.05) is 124 Å². The molecule has 4 rings (SSSR count). The van der Waals surface area contributed by atoms with Gasteiger partial charge in [-0.2, -0.15) is 0 Å². The number of aromatic nitrogens is 1. The van der Waals surface area contributed by atoms with Gasteiger partial charge in [0.1, 0.15) is 78.6 Å². The van der Waals surface area contributed by atoms with E-state index < -0.39 is 208 Å². The van der Waals surface area contributed by atoms with E-state index in [1.54, 1.807) is 68.5 Å². The van der Waals surface area contributed by atoms with Crippen molar-refractivity contribution < 1.29 is 81.4 Å². The molecule has 2 aromatic carbocycles. The molecule has 32 nitrogen and oxygen atoms in total. The van der Waals surface area contributed by atoms with Gasteiger partial charge in [-0.1, -0.05) is 185 Å². The van der Waals surface area contributed by atoms with Crippen LogP contribution in [0, 0.1) is 65.1 Å². The van der Waals surface area contributed by atoms with Crippen LogP contribution >= 0.6 is 24.0 Å². The highest BCUT2D eigenvalue weighted by Crippen LogP contribution is 2.31. The number of ether oxygens (including phenoxy) is 2. The van der Waals surface area contributed by atoms with Crippen molar-refractivity contribution in [2.45, 2.75) is 306 Å². The minimum Gasteiger partial charge on any atom is -0.458 e. The molecule has 0 spiro atoms. The second kappa shape index (κ2) is 53.5. The van der Waals surface area contributed by atoms with Gasteiger partial charge in [0.25, 0.3) is 0 Å². The van der Waals surface area contributed by atoms with Gasteiger partial charge >= 0.3 is 11.9 Å². The van der Waals surface area contributed by atoms with Gasteiger partial charge in [0.05, 0.1) is 11.8 Å². The molecule has 12 amide bonds. The number of carbonyl (C=O) groups excluding carboxylic acids is 15. The van der Waals surface area contributed by atoms with Gasteiger partial charge in [0.2, 0.25) is 76.0 Å². The Hall–Kier alpha value is -10.2. The Morgan fingerprint density at radius 1 is 0.519 bits per heavy atom. The number of nitrogens with zero attached hydrogens (tertiary/aromatic N) is 7. The molecule has 131 heavy (non-hydrogen) atoms. The number of nitrogens with one attached hydrogen (secondary N) is 8. The lowest BCUT2D eigenvalue weighted by Crippen LogP contribution is -2.64. The molecular weight excluding hydrogens is 1710 g/mol. The van der Waals surface area contributed by atoms with E-state index in [0.717, 1.165) is 32.7 Å². The molecule has 730 valence electrons. The third kappa shape index (κ3) is 33.5. The summed E-state index contributed by atoms with van der Waals surface area (Å²) in [7, 11) is 9.65. The van der Waals surface area contributed by atoms with Crippen molar-refractivity contribution in [2.24, 2.45) is 53.3 Å². The highest BCUT2D eigenvalue weighted by molar-refractivity contribution is 8.14. The number of thiocarbonyl (C=S) groups is 1. The highest BCUT2D eigenvalue weighted by atomic mass is 32.2. The largest absolute Gasteiger partial charge is 0.458 e. The van der Waals surface area contributed by atoms with Crippen molar-refractivity contribution in [3.8, 4) is 11.8 Å². The summed E-state index contributed by atoms with van der Waals surface area (Å²) < 4.78 is 13.0. The SMILES string of the molecule is CC#CC(C)C[C@@H](C)[C@@H](OC(=O)[C@@H](CC(C)C)NC(=O)[C@@H](C)SC(=O)[C@@H](Cc1c[nH]c2ccccc12)OC(=O)[C@H](Cc1ccccc1)NC(=S)NCCC)[C@H]1C(=O)N[C@@H](CC)C(=O)N(C)CC(=O)N(C)[C@@H](CC(C)C)C(=O)NC(C(C)C)C(=O)N(C)[C@@H](CC(C)C)C(=O)N[C@@H](C)C(=O)N[C@H](C)C(=O)N(C)[C@@H](CC(C)C)C(=O)N(C)[C@@H](CC(C)C)C(=O)N(C)[C@@H](C(C)C)C(=O)N1C. The number of carbonyl (C=O) groups is 15. The summed E-state index contributed by atoms with van der Waals surface area (Å²) in [6.45, 7) is 37.9. The molecule has 8 N–H and O–H groups in total. The molecule has 0 aliphatic carbocycles. The smallest absolute Gasteiger partial charge is 0.329 e. The van der Waals surface area contributed by atoms with Crippen LogP contribution in [0.3, 0.4) is 0 Å². The maximum Gasteiger partial charge on any atom is 0.329 e. The highest BCUT2D eigenvalue weighted by Gasteiger charge is 2.49.